The van der Waals surface area contributed by atoms with Crippen molar-refractivity contribution >= 4 is 15.9 Å². The highest BCUT2D eigenvalue weighted by Crippen LogP contribution is 1.97. The first-order valence-corrected chi connectivity index (χ1v) is 7.76. The van der Waals surface area contributed by atoms with E-state index in [4.69, 9.17) is 10.5 Å². The zero-order valence-electron chi connectivity index (χ0n) is 11.0. The minimum absolute atomic E-state index is 0.0131. The maximum Gasteiger partial charge on any atom is 0.245 e. The quantitative estimate of drug-likeness (QED) is 0.487. The largest absolute Gasteiger partial charge is 0.370 e. The van der Waals surface area contributed by atoms with Crippen LogP contribution in [0, 0.1) is 0 Å². The molecule has 0 aromatic carbocycles. The second kappa shape index (κ2) is 9.26. The lowest BCUT2D eigenvalue weighted by Gasteiger charge is -2.17. The number of nitrogens with two attached hydrogens (primary N) is 1. The fraction of sp³-hybridized carbons (Fsp3) is 0.900. The number of amides is 1. The van der Waals surface area contributed by atoms with Crippen LogP contribution < -0.4 is 11.1 Å². The van der Waals surface area contributed by atoms with Crippen molar-refractivity contribution < 1.29 is 17.9 Å². The molecule has 0 saturated heterocycles. The highest BCUT2D eigenvalue weighted by Gasteiger charge is 2.13. The van der Waals surface area contributed by atoms with Gasteiger partial charge in [0, 0.05) is 26.2 Å². The van der Waals surface area contributed by atoms with Gasteiger partial charge in [-0.15, -0.1) is 0 Å². The van der Waals surface area contributed by atoms with E-state index in [0.29, 0.717) is 39.2 Å². The van der Waals surface area contributed by atoms with Crippen molar-refractivity contribution in [1.29, 1.82) is 0 Å². The Kier molecular flexibility index (Phi) is 8.90. The van der Waals surface area contributed by atoms with Crippen LogP contribution in [-0.4, -0.2) is 64.3 Å². The van der Waals surface area contributed by atoms with Gasteiger partial charge in [0.25, 0.3) is 0 Å². The Hall–Kier alpha value is -0.700. The average molecular weight is 281 g/mol. The Labute approximate surface area is 109 Å². The number of hydrogen-bond acceptors (Lipinski definition) is 5. The summed E-state index contributed by atoms with van der Waals surface area (Å²) in [6, 6.07) is 0. The first-order chi connectivity index (χ1) is 8.41. The number of carbonyl (C=O) groups excluding carboxylic acids is 1. The van der Waals surface area contributed by atoms with Crippen molar-refractivity contribution in [2.45, 2.75) is 13.3 Å². The number of nitrogens with one attached hydrogen (secondary N) is 1. The Bertz CT molecular complexity index is 332. The van der Waals surface area contributed by atoms with E-state index in [1.165, 1.54) is 10.6 Å². The predicted octanol–water partition coefficient (Wildman–Crippen LogP) is -1.25. The van der Waals surface area contributed by atoms with Gasteiger partial charge in [-0.25, -0.2) is 12.7 Å². The summed E-state index contributed by atoms with van der Waals surface area (Å²) in [5.74, 6) is -0.217. The van der Waals surface area contributed by atoms with Crippen LogP contribution in [0.2, 0.25) is 0 Å². The van der Waals surface area contributed by atoms with Gasteiger partial charge in [0.05, 0.1) is 12.9 Å². The normalized spacial score (nSPS) is 11.8. The molecular formula is C10H23N3O4S. The van der Waals surface area contributed by atoms with Gasteiger partial charge in [-0.05, 0) is 6.42 Å². The number of carbonyl (C=O) groups is 1. The molecule has 0 unspecified atom stereocenters. The summed E-state index contributed by atoms with van der Waals surface area (Å²) in [7, 11) is -3.15. The molecule has 1 amide bonds. The maximum absolute atomic E-state index is 11.3. The second-order valence-corrected chi connectivity index (χ2v) is 5.78. The molecule has 0 aliphatic heterocycles. The summed E-state index contributed by atoms with van der Waals surface area (Å²) in [6.45, 7) is 3.77. The Balaban J connectivity index is 3.69. The van der Waals surface area contributed by atoms with Crippen molar-refractivity contribution in [3.05, 3.63) is 0 Å². The van der Waals surface area contributed by atoms with Gasteiger partial charge in [-0.3, -0.25) is 4.79 Å². The van der Waals surface area contributed by atoms with Gasteiger partial charge in [-0.2, -0.15) is 0 Å². The van der Waals surface area contributed by atoms with E-state index in [1.54, 1.807) is 6.92 Å². The molecule has 7 nitrogen and oxygen atoms in total. The molecule has 0 aliphatic rings. The smallest absolute Gasteiger partial charge is 0.245 e. The Morgan fingerprint density at radius 2 is 2.11 bits per heavy atom. The third-order valence-corrected chi connectivity index (χ3v) is 3.60. The van der Waals surface area contributed by atoms with Crippen molar-refractivity contribution in [3.63, 3.8) is 0 Å². The van der Waals surface area contributed by atoms with Gasteiger partial charge >= 0.3 is 0 Å². The van der Waals surface area contributed by atoms with E-state index >= 15 is 0 Å². The van der Waals surface area contributed by atoms with Crippen LogP contribution >= 0.6 is 0 Å². The molecule has 0 bridgehead atoms. The minimum atomic E-state index is -3.15. The maximum atomic E-state index is 11.3. The van der Waals surface area contributed by atoms with E-state index in [9.17, 15) is 13.2 Å². The van der Waals surface area contributed by atoms with Crippen LogP contribution in [0.4, 0.5) is 0 Å². The lowest BCUT2D eigenvalue weighted by atomic mass is 10.4. The lowest BCUT2D eigenvalue weighted by Crippen LogP contribution is -2.34. The molecule has 0 rings (SSSR count). The predicted molar refractivity (Wildman–Crippen MR) is 69.6 cm³/mol. The molecule has 0 radical (unpaired) electrons. The lowest BCUT2D eigenvalue weighted by molar-refractivity contribution is -0.125. The molecule has 3 N–H and O–H groups in total. The fourth-order valence-corrected chi connectivity index (χ4v) is 2.27. The molecule has 0 aliphatic carbocycles. The highest BCUT2D eigenvalue weighted by atomic mass is 32.2. The molecule has 18 heavy (non-hydrogen) atoms. The summed E-state index contributed by atoms with van der Waals surface area (Å²) in [5.41, 5.74) is 5.21. The fourth-order valence-electron chi connectivity index (χ4n) is 1.34. The van der Waals surface area contributed by atoms with Crippen LogP contribution in [0.5, 0.6) is 0 Å². The summed E-state index contributed by atoms with van der Waals surface area (Å²) >= 11 is 0. The minimum Gasteiger partial charge on any atom is -0.370 e. The van der Waals surface area contributed by atoms with Crippen molar-refractivity contribution in [3.8, 4) is 0 Å². The molecule has 0 aromatic rings. The summed E-state index contributed by atoms with van der Waals surface area (Å²) < 4.78 is 28.9. The molecule has 0 fully saturated rings. The van der Waals surface area contributed by atoms with Gasteiger partial charge in [-0.1, -0.05) is 6.92 Å². The van der Waals surface area contributed by atoms with Gasteiger partial charge in [0.2, 0.25) is 15.9 Å². The molecular weight excluding hydrogens is 258 g/mol. The van der Waals surface area contributed by atoms with Crippen molar-refractivity contribution in [2.24, 2.45) is 5.73 Å². The molecule has 0 aromatic heterocycles. The van der Waals surface area contributed by atoms with E-state index in [0.717, 1.165) is 0 Å². The third kappa shape index (κ3) is 8.40. The van der Waals surface area contributed by atoms with Gasteiger partial charge in [0.15, 0.2) is 0 Å². The molecule has 0 saturated carbocycles. The van der Waals surface area contributed by atoms with E-state index in [2.05, 4.69) is 5.32 Å². The number of nitrogens with zero attached hydrogens (tertiary/aromatic N) is 1. The third-order valence-electron chi connectivity index (χ3n) is 2.22. The standard InChI is InChI=1S/C10H23N3O4S/c1-3-13(18(2,15)16)7-4-6-12-10(14)9-17-8-5-11/h3-9,11H2,1-2H3,(H,12,14). The summed E-state index contributed by atoms with van der Waals surface area (Å²) in [4.78, 5) is 11.2. The van der Waals surface area contributed by atoms with Crippen LogP contribution in [0.15, 0.2) is 0 Å². The molecule has 0 spiro atoms. The van der Waals surface area contributed by atoms with E-state index < -0.39 is 10.0 Å². The first-order valence-electron chi connectivity index (χ1n) is 5.91. The van der Waals surface area contributed by atoms with Crippen LogP contribution in [0.1, 0.15) is 13.3 Å². The second-order valence-electron chi connectivity index (χ2n) is 3.80. The summed E-state index contributed by atoms with van der Waals surface area (Å²) in [5, 5.41) is 2.65. The van der Waals surface area contributed by atoms with Crippen LogP contribution in [0.25, 0.3) is 0 Å². The first kappa shape index (κ1) is 17.3. The van der Waals surface area contributed by atoms with Crippen molar-refractivity contribution in [1.82, 2.24) is 9.62 Å². The number of hydrogen-bond donors (Lipinski definition) is 2. The highest BCUT2D eigenvalue weighted by molar-refractivity contribution is 7.88. The SMILES string of the molecule is CCN(CCCNC(=O)COCCN)S(C)(=O)=O. The number of ether oxygens (including phenoxy) is 1. The van der Waals surface area contributed by atoms with Crippen LogP contribution in [-0.2, 0) is 19.6 Å². The Morgan fingerprint density at radius 3 is 2.61 bits per heavy atom. The number of rotatable bonds is 10. The van der Waals surface area contributed by atoms with Crippen LogP contribution in [0.3, 0.4) is 0 Å². The molecule has 8 heteroatoms. The van der Waals surface area contributed by atoms with E-state index in [-0.39, 0.29) is 12.5 Å². The van der Waals surface area contributed by atoms with E-state index in [1.807, 2.05) is 0 Å². The number of sulfonamides is 1. The zero-order valence-corrected chi connectivity index (χ0v) is 11.8. The topological polar surface area (TPSA) is 102 Å². The van der Waals surface area contributed by atoms with Gasteiger partial charge < -0.3 is 15.8 Å². The Morgan fingerprint density at radius 1 is 1.44 bits per heavy atom. The zero-order chi connectivity index (χ0) is 14.0. The average Bonchev–Trinajstić information content (AvgIpc) is 2.27. The molecule has 108 valence electrons. The van der Waals surface area contributed by atoms with Gasteiger partial charge in [0.1, 0.15) is 6.61 Å². The summed E-state index contributed by atoms with van der Waals surface area (Å²) in [6.07, 6.45) is 1.75. The monoisotopic (exact) mass is 281 g/mol. The molecule has 0 heterocycles. The van der Waals surface area contributed by atoms with Crippen molar-refractivity contribution in [2.75, 3.05) is 45.6 Å². The molecule has 0 atom stereocenters.